The van der Waals surface area contributed by atoms with E-state index in [1.165, 1.54) is 0 Å². The zero-order chi connectivity index (χ0) is 28.5. The molecule has 0 bridgehead atoms. The van der Waals surface area contributed by atoms with Gasteiger partial charge in [0, 0.05) is 0 Å². The molecule has 204 valence electrons. The molecule has 0 spiro atoms. The van der Waals surface area contributed by atoms with Gasteiger partial charge in [-0.1, -0.05) is 12.1 Å². The van der Waals surface area contributed by atoms with E-state index in [0.29, 0.717) is 6.07 Å². The fourth-order valence-electron chi connectivity index (χ4n) is 2.27. The lowest BCUT2D eigenvalue weighted by molar-refractivity contribution is -0.469. The van der Waals surface area contributed by atoms with Gasteiger partial charge in [-0.25, -0.2) is 0 Å². The first-order valence-electron chi connectivity index (χ1n) is 7.89. The summed E-state index contributed by atoms with van der Waals surface area (Å²) < 4.78 is 251. The lowest BCUT2D eigenvalue weighted by Crippen LogP contribution is -2.75. The third-order valence-corrected chi connectivity index (χ3v) is 4.36. The summed E-state index contributed by atoms with van der Waals surface area (Å²) in [6.07, 6.45) is -7.92. The highest BCUT2D eigenvalue weighted by Crippen LogP contribution is 2.66. The predicted octanol–water partition coefficient (Wildman–Crippen LogP) is 7.49. The van der Waals surface area contributed by atoms with Crippen molar-refractivity contribution in [2.24, 2.45) is 0 Å². The normalized spacial score (nSPS) is 16.0. The van der Waals surface area contributed by atoms with Crippen molar-refractivity contribution in [3.05, 3.63) is 29.8 Å². The van der Waals surface area contributed by atoms with Gasteiger partial charge in [0.25, 0.3) is 0 Å². The van der Waals surface area contributed by atoms with Gasteiger partial charge in [-0.3, -0.25) is 0 Å². The van der Waals surface area contributed by atoms with E-state index in [-0.39, 0.29) is 18.2 Å². The van der Waals surface area contributed by atoms with Gasteiger partial charge in [-0.15, -0.1) is 0 Å². The lowest BCUT2D eigenvalue weighted by atomic mass is 9.86. The first-order chi connectivity index (χ1) is 15.0. The first kappa shape index (κ1) is 30.7. The minimum Gasteiger partial charge on any atom is -0.507 e. The van der Waals surface area contributed by atoms with Crippen LogP contribution in [0, 0.1) is 0 Å². The van der Waals surface area contributed by atoms with E-state index >= 15 is 0 Å². The van der Waals surface area contributed by atoms with Gasteiger partial charge in [0.05, 0.1) is 5.56 Å². The van der Waals surface area contributed by atoms with Crippen LogP contribution in [0.25, 0.3) is 0 Å². The van der Waals surface area contributed by atoms with Crippen molar-refractivity contribution in [3.8, 4) is 5.75 Å². The van der Waals surface area contributed by atoms with Gasteiger partial charge in [0.1, 0.15) is 5.75 Å². The molecule has 0 saturated carbocycles. The Bertz CT molecular complexity index is 928. The molecule has 20 heteroatoms. The molecule has 0 fully saturated rings. The second kappa shape index (κ2) is 7.84. The van der Waals surface area contributed by atoms with Gasteiger partial charge >= 0.3 is 53.6 Å². The van der Waals surface area contributed by atoms with E-state index in [9.17, 15) is 83.4 Å². The molecule has 0 saturated heterocycles. The average molecular weight is 562 g/mol. The first-order valence-corrected chi connectivity index (χ1v) is 7.89. The third kappa shape index (κ3) is 3.72. The summed E-state index contributed by atoms with van der Waals surface area (Å²) in [6, 6.07) is 0.426. The van der Waals surface area contributed by atoms with Crippen molar-refractivity contribution in [2.75, 3.05) is 0 Å². The Kier molecular flexibility index (Phi) is 6.88. The minimum absolute atomic E-state index is 0.0259. The van der Waals surface area contributed by atoms with Gasteiger partial charge in [-0.05, 0) is 12.1 Å². The minimum atomic E-state index is -8.97. The quantitative estimate of drug-likeness (QED) is 0.326. The van der Waals surface area contributed by atoms with Gasteiger partial charge in [0.2, 0.25) is 0 Å². The maximum atomic E-state index is 13.9. The number of halogens is 19. The molecule has 0 atom stereocenters. The molecule has 1 N–H and O–H groups in total. The van der Waals surface area contributed by atoms with Crippen LogP contribution in [0.2, 0.25) is 0 Å². The van der Waals surface area contributed by atoms with Crippen molar-refractivity contribution < 1.29 is 88.5 Å². The van der Waals surface area contributed by atoms with Crippen molar-refractivity contribution in [1.82, 2.24) is 0 Å². The Morgan fingerprint density at radius 1 is 0.400 bits per heavy atom. The Hall–Kier alpha value is -2.31. The van der Waals surface area contributed by atoms with E-state index in [4.69, 9.17) is 5.11 Å². The highest BCUT2D eigenvalue weighted by atomic mass is 19.4. The lowest BCUT2D eigenvalue weighted by Gasteiger charge is -2.43. The highest BCUT2D eigenvalue weighted by molar-refractivity contribution is 5.38. The standard InChI is InChI=1S/C15H5F19O/c16-7(17,5-3-1-2-4-6(5)35)8(18,19)9(20,21)10(22,23)11(24,25)12(26,27)13(28,29)14(30,31)15(32,33)34/h1-4,35H. The van der Waals surface area contributed by atoms with Gasteiger partial charge in [0.15, 0.2) is 0 Å². The molecule has 0 unspecified atom stereocenters. The van der Waals surface area contributed by atoms with Crippen LogP contribution < -0.4 is 0 Å². The van der Waals surface area contributed by atoms with Crippen LogP contribution in [0.5, 0.6) is 5.75 Å². The molecule has 0 aliphatic rings. The van der Waals surface area contributed by atoms with Crippen LogP contribution >= 0.6 is 0 Å². The summed E-state index contributed by atoms with van der Waals surface area (Å²) in [5, 5.41) is 9.04. The number of para-hydroxylation sites is 1. The third-order valence-electron chi connectivity index (χ3n) is 4.36. The van der Waals surface area contributed by atoms with E-state index in [2.05, 4.69) is 0 Å². The maximum Gasteiger partial charge on any atom is 0.460 e. The monoisotopic (exact) mass is 562 g/mol. The van der Waals surface area contributed by atoms with E-state index in [1.54, 1.807) is 0 Å². The molecular formula is C15H5F19O. The second-order valence-corrected chi connectivity index (χ2v) is 6.61. The molecule has 1 aromatic carbocycles. The fraction of sp³-hybridized carbons (Fsp3) is 0.600. The molecule has 0 aromatic heterocycles. The van der Waals surface area contributed by atoms with Gasteiger partial charge < -0.3 is 5.11 Å². The predicted molar refractivity (Wildman–Crippen MR) is 72.7 cm³/mol. The highest BCUT2D eigenvalue weighted by Gasteiger charge is 2.96. The van der Waals surface area contributed by atoms with Crippen molar-refractivity contribution >= 4 is 0 Å². The topological polar surface area (TPSA) is 20.2 Å². The zero-order valence-electron chi connectivity index (χ0n) is 15.4. The molecule has 0 aliphatic carbocycles. The number of hydrogen-bond acceptors (Lipinski definition) is 1. The molecule has 1 aromatic rings. The largest absolute Gasteiger partial charge is 0.507 e. The fourth-order valence-corrected chi connectivity index (χ4v) is 2.27. The Morgan fingerprint density at radius 2 is 0.686 bits per heavy atom. The van der Waals surface area contributed by atoms with Crippen LogP contribution in [-0.4, -0.2) is 52.7 Å². The second-order valence-electron chi connectivity index (χ2n) is 6.61. The smallest absolute Gasteiger partial charge is 0.460 e. The number of rotatable bonds is 8. The summed E-state index contributed by atoms with van der Waals surface area (Å²) in [5.41, 5.74) is -2.72. The van der Waals surface area contributed by atoms with Crippen LogP contribution in [0.4, 0.5) is 83.4 Å². The number of phenolic OH excluding ortho intramolecular Hbond substituents is 1. The van der Waals surface area contributed by atoms with Crippen molar-refractivity contribution in [1.29, 1.82) is 0 Å². The van der Waals surface area contributed by atoms with Crippen molar-refractivity contribution in [3.63, 3.8) is 0 Å². The Morgan fingerprint density at radius 3 is 1.00 bits per heavy atom. The molecule has 0 radical (unpaired) electrons. The van der Waals surface area contributed by atoms with E-state index in [1.807, 2.05) is 0 Å². The average Bonchev–Trinajstić information content (AvgIpc) is 2.66. The van der Waals surface area contributed by atoms with Gasteiger partial charge in [-0.2, -0.15) is 83.4 Å². The molecule has 0 heterocycles. The summed E-state index contributed by atoms with van der Waals surface area (Å²) in [5.74, 6) is -69.4. The summed E-state index contributed by atoms with van der Waals surface area (Å²) in [4.78, 5) is 0. The molecule has 35 heavy (non-hydrogen) atoms. The number of alkyl halides is 19. The van der Waals surface area contributed by atoms with Crippen LogP contribution in [0.15, 0.2) is 24.3 Å². The Labute approximate surface area is 179 Å². The van der Waals surface area contributed by atoms with Crippen LogP contribution in [0.1, 0.15) is 5.56 Å². The van der Waals surface area contributed by atoms with E-state index < -0.39 is 64.9 Å². The Balaban J connectivity index is 3.80. The summed E-state index contributed by atoms with van der Waals surface area (Å²) in [6.45, 7) is 0. The van der Waals surface area contributed by atoms with E-state index in [0.717, 1.165) is 0 Å². The van der Waals surface area contributed by atoms with Crippen LogP contribution in [0.3, 0.4) is 0 Å². The molecular weight excluding hydrogens is 557 g/mol. The SMILES string of the molecule is Oc1ccccc1C(F)(F)C(F)(F)C(F)(F)C(F)(F)C(F)(F)C(F)(F)C(F)(F)C(F)(F)C(F)(F)F. The summed E-state index contributed by atoms with van der Waals surface area (Å²) in [7, 11) is 0. The number of benzene rings is 1. The number of phenols is 1. The molecule has 0 amide bonds. The molecule has 1 nitrogen and oxygen atoms in total. The number of hydrogen-bond donors (Lipinski definition) is 1. The molecule has 0 aliphatic heterocycles. The maximum absolute atomic E-state index is 13.9. The zero-order valence-corrected chi connectivity index (χ0v) is 15.4. The molecule has 1 rings (SSSR count). The van der Waals surface area contributed by atoms with Crippen LogP contribution in [-0.2, 0) is 5.92 Å². The number of aromatic hydroxyl groups is 1. The van der Waals surface area contributed by atoms with Crippen molar-refractivity contribution in [2.45, 2.75) is 53.6 Å². The summed E-state index contributed by atoms with van der Waals surface area (Å²) >= 11 is 0.